The summed E-state index contributed by atoms with van der Waals surface area (Å²) in [4.78, 5) is 11.6. The fourth-order valence-corrected chi connectivity index (χ4v) is 2.21. The van der Waals surface area contributed by atoms with Crippen molar-refractivity contribution in [1.82, 2.24) is 0 Å². The average Bonchev–Trinajstić information content (AvgIpc) is 2.75. The molecule has 0 amide bonds. The minimum absolute atomic E-state index is 0.0169. The molecular formula is C15H24O5. The van der Waals surface area contributed by atoms with Crippen LogP contribution in [0, 0.1) is 5.41 Å². The van der Waals surface area contributed by atoms with Crippen molar-refractivity contribution in [1.29, 1.82) is 0 Å². The number of hydrogen-bond acceptors (Lipinski definition) is 5. The van der Waals surface area contributed by atoms with Crippen LogP contribution in [0.2, 0.25) is 0 Å². The highest BCUT2D eigenvalue weighted by molar-refractivity contribution is 5.75. The number of ether oxygens (including phenoxy) is 4. The third-order valence-corrected chi connectivity index (χ3v) is 3.19. The summed E-state index contributed by atoms with van der Waals surface area (Å²) in [6, 6.07) is 0. The first-order valence-electron chi connectivity index (χ1n) is 7.02. The van der Waals surface area contributed by atoms with E-state index in [0.717, 1.165) is 6.42 Å². The van der Waals surface area contributed by atoms with E-state index < -0.39 is 11.2 Å². The molecule has 2 heterocycles. The number of carbonyl (C=O) groups excluding carboxylic acids is 1. The lowest BCUT2D eigenvalue weighted by atomic mass is 9.97. The molecule has 114 valence electrons. The summed E-state index contributed by atoms with van der Waals surface area (Å²) in [5.41, 5.74) is -0.470. The second-order valence-electron chi connectivity index (χ2n) is 6.73. The molecule has 5 nitrogen and oxygen atoms in total. The van der Waals surface area contributed by atoms with E-state index in [-0.39, 0.29) is 31.1 Å². The van der Waals surface area contributed by atoms with Gasteiger partial charge in [0.25, 0.3) is 0 Å². The molecule has 0 aromatic carbocycles. The van der Waals surface area contributed by atoms with Crippen LogP contribution in [-0.4, -0.2) is 36.9 Å². The van der Waals surface area contributed by atoms with Crippen molar-refractivity contribution in [3.8, 4) is 0 Å². The van der Waals surface area contributed by atoms with Gasteiger partial charge in [0.15, 0.2) is 12.1 Å². The van der Waals surface area contributed by atoms with Gasteiger partial charge in [0.2, 0.25) is 0 Å². The largest absolute Gasteiger partial charge is 0.461 e. The van der Waals surface area contributed by atoms with Crippen LogP contribution in [0.1, 0.15) is 41.0 Å². The summed E-state index contributed by atoms with van der Waals surface area (Å²) in [5.74, 6) is -0.772. The molecule has 5 heteroatoms. The van der Waals surface area contributed by atoms with Crippen LogP contribution in [0.4, 0.5) is 0 Å². The molecule has 20 heavy (non-hydrogen) atoms. The van der Waals surface area contributed by atoms with Crippen molar-refractivity contribution in [3.63, 3.8) is 0 Å². The Morgan fingerprint density at radius 3 is 2.65 bits per heavy atom. The SMILES string of the molecule is CC1(C)O[C@H]2O[C@H](/C=C/COC(=O)C(C)(C)C)C[C@H]2O1. The zero-order valence-corrected chi connectivity index (χ0v) is 12.8. The van der Waals surface area contributed by atoms with Gasteiger partial charge >= 0.3 is 5.97 Å². The highest BCUT2D eigenvalue weighted by Crippen LogP contribution is 2.37. The second kappa shape index (κ2) is 5.47. The van der Waals surface area contributed by atoms with Gasteiger partial charge in [-0.3, -0.25) is 4.79 Å². The molecule has 0 bridgehead atoms. The van der Waals surface area contributed by atoms with Gasteiger partial charge < -0.3 is 18.9 Å². The van der Waals surface area contributed by atoms with E-state index in [0.29, 0.717) is 0 Å². The summed E-state index contributed by atoms with van der Waals surface area (Å²) >= 11 is 0. The summed E-state index contributed by atoms with van der Waals surface area (Å²) in [5, 5.41) is 0. The summed E-state index contributed by atoms with van der Waals surface area (Å²) in [7, 11) is 0. The molecule has 3 atom stereocenters. The molecule has 0 N–H and O–H groups in total. The highest BCUT2D eigenvalue weighted by Gasteiger charge is 2.47. The predicted octanol–water partition coefficient (Wildman–Crippen LogP) is 2.40. The monoisotopic (exact) mass is 284 g/mol. The molecule has 2 fully saturated rings. The van der Waals surface area contributed by atoms with Gasteiger partial charge in [0, 0.05) is 6.42 Å². The Kier molecular flexibility index (Phi) is 4.23. The fourth-order valence-electron chi connectivity index (χ4n) is 2.21. The Balaban J connectivity index is 1.72. The normalized spacial score (nSPS) is 32.5. The van der Waals surface area contributed by atoms with Crippen LogP contribution < -0.4 is 0 Å². The van der Waals surface area contributed by atoms with Gasteiger partial charge in [0.1, 0.15) is 12.7 Å². The van der Waals surface area contributed by atoms with Crippen LogP contribution in [0.25, 0.3) is 0 Å². The fraction of sp³-hybridized carbons (Fsp3) is 0.800. The van der Waals surface area contributed by atoms with Gasteiger partial charge in [-0.15, -0.1) is 0 Å². The van der Waals surface area contributed by atoms with Gasteiger partial charge in [-0.2, -0.15) is 0 Å². The lowest BCUT2D eigenvalue weighted by molar-refractivity contribution is -0.200. The molecule has 0 radical (unpaired) electrons. The number of rotatable bonds is 3. The molecule has 2 rings (SSSR count). The maximum Gasteiger partial charge on any atom is 0.311 e. The van der Waals surface area contributed by atoms with Crippen molar-refractivity contribution in [2.45, 2.75) is 65.3 Å². The van der Waals surface area contributed by atoms with Crippen LogP contribution in [0.3, 0.4) is 0 Å². The molecule has 0 spiro atoms. The summed E-state index contributed by atoms with van der Waals surface area (Å²) in [6.07, 6.45) is 4.11. The number of hydrogen-bond donors (Lipinski definition) is 0. The lowest BCUT2D eigenvalue weighted by Crippen LogP contribution is -2.24. The first-order valence-corrected chi connectivity index (χ1v) is 7.02. The quantitative estimate of drug-likeness (QED) is 0.588. The van der Waals surface area contributed by atoms with E-state index in [1.165, 1.54) is 0 Å². The average molecular weight is 284 g/mol. The molecular weight excluding hydrogens is 260 g/mol. The molecule has 0 aromatic rings. The standard InChI is InChI=1S/C15H24O5/c1-14(2,3)13(16)17-8-6-7-10-9-11-12(18-10)20-15(4,5)19-11/h6-7,10-12H,8-9H2,1-5H3/b7-6+/t10-,11-,12-/m1/s1. The van der Waals surface area contributed by atoms with Gasteiger partial charge in [0.05, 0.1) is 11.5 Å². The maximum absolute atomic E-state index is 11.6. The second-order valence-corrected chi connectivity index (χ2v) is 6.73. The van der Waals surface area contributed by atoms with E-state index >= 15 is 0 Å². The Morgan fingerprint density at radius 1 is 1.35 bits per heavy atom. The Hall–Kier alpha value is -0.910. The van der Waals surface area contributed by atoms with Crippen molar-refractivity contribution in [2.24, 2.45) is 5.41 Å². The molecule has 2 aliphatic heterocycles. The van der Waals surface area contributed by atoms with E-state index in [9.17, 15) is 4.79 Å². The topological polar surface area (TPSA) is 54.0 Å². The Morgan fingerprint density at radius 2 is 2.05 bits per heavy atom. The molecule has 2 saturated heterocycles. The van der Waals surface area contributed by atoms with Crippen LogP contribution >= 0.6 is 0 Å². The third-order valence-electron chi connectivity index (χ3n) is 3.19. The minimum Gasteiger partial charge on any atom is -0.461 e. The Labute approximate surface area is 120 Å². The zero-order valence-electron chi connectivity index (χ0n) is 12.8. The Bertz CT molecular complexity index is 378. The molecule has 0 aromatic heterocycles. The number of esters is 1. The highest BCUT2D eigenvalue weighted by atomic mass is 16.8. The predicted molar refractivity (Wildman–Crippen MR) is 72.9 cm³/mol. The van der Waals surface area contributed by atoms with Crippen molar-refractivity contribution in [3.05, 3.63) is 12.2 Å². The van der Waals surface area contributed by atoms with Crippen molar-refractivity contribution >= 4 is 5.97 Å². The number of carbonyl (C=O) groups is 1. The van der Waals surface area contributed by atoms with E-state index in [1.54, 1.807) is 6.08 Å². The van der Waals surface area contributed by atoms with Crippen molar-refractivity contribution < 1.29 is 23.7 Å². The first kappa shape index (κ1) is 15.5. The van der Waals surface area contributed by atoms with Crippen LogP contribution in [0.15, 0.2) is 12.2 Å². The zero-order chi connectivity index (χ0) is 15.0. The van der Waals surface area contributed by atoms with E-state index in [1.807, 2.05) is 40.7 Å². The smallest absolute Gasteiger partial charge is 0.311 e. The summed E-state index contributed by atoms with van der Waals surface area (Å²) in [6.45, 7) is 9.51. The third kappa shape index (κ3) is 3.81. The van der Waals surface area contributed by atoms with Crippen LogP contribution in [-0.2, 0) is 23.7 Å². The summed E-state index contributed by atoms with van der Waals surface area (Å²) < 4.78 is 22.2. The lowest BCUT2D eigenvalue weighted by Gasteiger charge is -2.19. The van der Waals surface area contributed by atoms with Gasteiger partial charge in [-0.1, -0.05) is 6.08 Å². The van der Waals surface area contributed by atoms with E-state index in [4.69, 9.17) is 18.9 Å². The number of fused-ring (bicyclic) bond motifs is 1. The van der Waals surface area contributed by atoms with Gasteiger partial charge in [-0.25, -0.2) is 0 Å². The molecule has 0 saturated carbocycles. The van der Waals surface area contributed by atoms with Crippen LogP contribution in [0.5, 0.6) is 0 Å². The molecule has 0 unspecified atom stereocenters. The minimum atomic E-state index is -0.563. The maximum atomic E-state index is 11.6. The molecule has 2 aliphatic rings. The molecule has 0 aliphatic carbocycles. The van der Waals surface area contributed by atoms with Gasteiger partial charge in [-0.05, 0) is 40.7 Å². The van der Waals surface area contributed by atoms with E-state index in [2.05, 4.69) is 0 Å². The van der Waals surface area contributed by atoms with Crippen molar-refractivity contribution in [2.75, 3.05) is 6.61 Å². The first-order chi connectivity index (χ1) is 9.17.